The molecule has 0 unspecified atom stereocenters. The fraction of sp³-hybridized carbons (Fsp3) is 0.353. The van der Waals surface area contributed by atoms with Gasteiger partial charge in [-0.15, -0.1) is 0 Å². The van der Waals surface area contributed by atoms with E-state index in [1.54, 1.807) is 0 Å². The molecule has 1 fully saturated rings. The van der Waals surface area contributed by atoms with Crippen molar-refractivity contribution in [1.29, 1.82) is 0 Å². The number of halogens is 1. The molecule has 0 heterocycles. The molecule has 1 nitrogen and oxygen atoms in total. The minimum absolute atomic E-state index is 0.688. The van der Waals surface area contributed by atoms with Gasteiger partial charge in [0, 0.05) is 11.4 Å². The summed E-state index contributed by atoms with van der Waals surface area (Å²) < 4.78 is 0. The summed E-state index contributed by atoms with van der Waals surface area (Å²) in [4.78, 5) is 0. The van der Waals surface area contributed by atoms with Crippen LogP contribution in [0.5, 0.6) is 0 Å². The zero-order valence-corrected chi connectivity index (χ0v) is 23.5. The molecule has 0 atom stereocenters. The summed E-state index contributed by atoms with van der Waals surface area (Å²) in [5.74, 6) is 1.09. The van der Waals surface area contributed by atoms with Crippen LogP contribution in [-0.4, -0.2) is 0 Å². The maximum absolute atomic E-state index is 6.32. The summed E-state index contributed by atoms with van der Waals surface area (Å²) in [5.41, 5.74) is 7.32. The van der Waals surface area contributed by atoms with Crippen molar-refractivity contribution >= 4 is 28.6 Å². The molecule has 0 aliphatic heterocycles. The zero-order chi connectivity index (χ0) is 26.3. The first-order valence-electron chi connectivity index (χ1n) is 13.5. The van der Waals surface area contributed by atoms with Crippen LogP contribution in [0.1, 0.15) is 88.5 Å². The summed E-state index contributed by atoms with van der Waals surface area (Å²) in [7, 11) is 0. The molecule has 1 saturated carbocycles. The molecule has 1 N–H and O–H groups in total. The first kappa shape index (κ1) is 29.5. The molecular formula is C34H44ClN. The number of hydrogen-bond donors (Lipinski definition) is 1. The highest BCUT2D eigenvalue weighted by Crippen LogP contribution is 2.28. The third kappa shape index (κ3) is 9.70. The molecule has 3 aromatic carbocycles. The number of rotatable bonds is 7. The highest BCUT2D eigenvalue weighted by molar-refractivity contribution is 6.32. The van der Waals surface area contributed by atoms with Gasteiger partial charge in [-0.05, 0) is 59.2 Å². The number of allylic oxidation sites excluding steroid dienone is 1. The van der Waals surface area contributed by atoms with Gasteiger partial charge in [0.2, 0.25) is 0 Å². The highest BCUT2D eigenvalue weighted by Gasteiger charge is 2.09. The lowest BCUT2D eigenvalue weighted by Crippen LogP contribution is -2.03. The Kier molecular flexibility index (Phi) is 13.1. The maximum Gasteiger partial charge on any atom is 0.0501 e. The lowest BCUT2D eigenvalue weighted by atomic mass is 9.88. The minimum Gasteiger partial charge on any atom is -0.355 e. The van der Waals surface area contributed by atoms with Crippen LogP contribution in [0.25, 0.3) is 11.3 Å². The van der Waals surface area contributed by atoms with Crippen molar-refractivity contribution in [2.24, 2.45) is 5.92 Å². The number of nitrogens with one attached hydrogen (secondary N) is 1. The summed E-state index contributed by atoms with van der Waals surface area (Å²) in [6, 6.07) is 24.8. The first-order chi connectivity index (χ1) is 17.5. The van der Waals surface area contributed by atoms with Crippen LogP contribution in [0.2, 0.25) is 5.02 Å². The second-order valence-corrected chi connectivity index (χ2v) is 9.76. The van der Waals surface area contributed by atoms with Crippen LogP contribution in [-0.2, 0) is 6.42 Å². The topological polar surface area (TPSA) is 12.0 Å². The molecule has 1 aliphatic carbocycles. The molecule has 0 saturated heterocycles. The lowest BCUT2D eigenvalue weighted by molar-refractivity contribution is 0.349. The van der Waals surface area contributed by atoms with Crippen molar-refractivity contribution in [1.82, 2.24) is 0 Å². The summed E-state index contributed by atoms with van der Waals surface area (Å²) >= 11 is 6.32. The van der Waals surface area contributed by atoms with E-state index in [1.807, 2.05) is 45.0 Å². The molecule has 36 heavy (non-hydrogen) atoms. The summed E-state index contributed by atoms with van der Waals surface area (Å²) in [6.07, 6.45) is 9.86. The second-order valence-electron chi connectivity index (χ2n) is 9.35. The maximum atomic E-state index is 6.32. The molecule has 1 aliphatic rings. The monoisotopic (exact) mass is 501 g/mol. The van der Waals surface area contributed by atoms with Crippen LogP contribution < -0.4 is 5.32 Å². The van der Waals surface area contributed by atoms with E-state index in [0.29, 0.717) is 5.02 Å². The van der Waals surface area contributed by atoms with Gasteiger partial charge in [-0.1, -0.05) is 145 Å². The van der Waals surface area contributed by atoms with E-state index in [1.165, 1.54) is 49.7 Å². The van der Waals surface area contributed by atoms with Gasteiger partial charge in [-0.25, -0.2) is 0 Å². The molecule has 192 valence electrons. The number of hydrogen-bond acceptors (Lipinski definition) is 1. The predicted octanol–water partition coefficient (Wildman–Crippen LogP) is 11.0. The van der Waals surface area contributed by atoms with Gasteiger partial charge in [-0.3, -0.25) is 0 Å². The molecular weight excluding hydrogens is 458 g/mol. The number of benzene rings is 3. The van der Waals surface area contributed by atoms with Gasteiger partial charge < -0.3 is 5.32 Å². The van der Waals surface area contributed by atoms with E-state index < -0.39 is 0 Å². The fourth-order valence-corrected chi connectivity index (χ4v) is 4.78. The van der Waals surface area contributed by atoms with Gasteiger partial charge in [0.25, 0.3) is 0 Å². The van der Waals surface area contributed by atoms with E-state index in [4.69, 9.17) is 11.6 Å². The molecule has 0 amide bonds. The van der Waals surface area contributed by atoms with E-state index in [-0.39, 0.29) is 0 Å². The summed E-state index contributed by atoms with van der Waals surface area (Å²) in [6.45, 7) is 16.4. The molecule has 0 aromatic heterocycles. The van der Waals surface area contributed by atoms with Crippen molar-refractivity contribution in [3.63, 3.8) is 0 Å². The van der Waals surface area contributed by atoms with Crippen LogP contribution in [0.4, 0.5) is 5.69 Å². The van der Waals surface area contributed by atoms with E-state index in [2.05, 4.69) is 73.9 Å². The highest BCUT2D eigenvalue weighted by atomic mass is 35.5. The third-order valence-electron chi connectivity index (χ3n) is 6.58. The predicted molar refractivity (Wildman–Crippen MR) is 163 cm³/mol. The first-order valence-corrected chi connectivity index (χ1v) is 13.9. The van der Waals surface area contributed by atoms with Gasteiger partial charge >= 0.3 is 0 Å². The Bertz CT molecular complexity index is 1060. The zero-order valence-electron chi connectivity index (χ0n) is 22.7. The molecule has 2 heteroatoms. The van der Waals surface area contributed by atoms with Crippen molar-refractivity contribution in [2.75, 3.05) is 5.32 Å². The molecule has 0 bridgehead atoms. The summed E-state index contributed by atoms with van der Waals surface area (Å²) in [5, 5.41) is 4.01. The van der Waals surface area contributed by atoms with Crippen molar-refractivity contribution in [3.8, 4) is 0 Å². The third-order valence-corrected chi connectivity index (χ3v) is 6.89. The SMILES string of the molecule is C=C(Nc1ccc(C(=C)C)c(Cl)c1)c1ccc(Cc2ccccc2)cc1.CC.CCC1CCCCC1. The Labute approximate surface area is 225 Å². The Morgan fingerprint density at radius 1 is 0.861 bits per heavy atom. The normalized spacial score (nSPS) is 12.9. The standard InChI is InChI=1S/C24H22ClN.C8H16.C2H6/c1-17(2)23-14-13-22(16-24(23)25)26-18(3)21-11-9-20(10-12-21)15-19-7-5-4-6-8-19;1-2-8-6-4-3-5-7-8;1-2/h4-14,16,26H,1,3,15H2,2H3;8H,2-7H2,1H3;1-2H3. The minimum atomic E-state index is 0.688. The Morgan fingerprint density at radius 3 is 2.00 bits per heavy atom. The lowest BCUT2D eigenvalue weighted by Gasteiger charge is -2.18. The molecule has 3 aromatic rings. The van der Waals surface area contributed by atoms with Crippen molar-refractivity contribution in [2.45, 2.75) is 72.6 Å². The van der Waals surface area contributed by atoms with Gasteiger partial charge in [0.1, 0.15) is 0 Å². The fourth-order valence-electron chi connectivity index (χ4n) is 4.44. The quantitative estimate of drug-likeness (QED) is 0.339. The van der Waals surface area contributed by atoms with E-state index in [0.717, 1.165) is 40.4 Å². The van der Waals surface area contributed by atoms with Gasteiger partial charge in [-0.2, -0.15) is 0 Å². The Hall–Kier alpha value is -2.77. The van der Waals surface area contributed by atoms with Gasteiger partial charge in [0.05, 0.1) is 5.02 Å². The average Bonchev–Trinajstić information content (AvgIpc) is 2.91. The van der Waals surface area contributed by atoms with Crippen molar-refractivity contribution < 1.29 is 0 Å². The van der Waals surface area contributed by atoms with Crippen molar-refractivity contribution in [3.05, 3.63) is 113 Å². The Balaban J connectivity index is 0.000000384. The second kappa shape index (κ2) is 16.1. The molecule has 4 rings (SSSR count). The van der Waals surface area contributed by atoms with Crippen LogP contribution in [0, 0.1) is 5.92 Å². The van der Waals surface area contributed by atoms with E-state index >= 15 is 0 Å². The Morgan fingerprint density at radius 2 is 1.47 bits per heavy atom. The number of anilines is 1. The smallest absolute Gasteiger partial charge is 0.0501 e. The van der Waals surface area contributed by atoms with E-state index in [9.17, 15) is 0 Å². The van der Waals surface area contributed by atoms with Crippen LogP contribution in [0.15, 0.2) is 86.0 Å². The largest absolute Gasteiger partial charge is 0.355 e. The molecule has 0 radical (unpaired) electrons. The average molecular weight is 502 g/mol. The van der Waals surface area contributed by atoms with Crippen LogP contribution >= 0.6 is 11.6 Å². The van der Waals surface area contributed by atoms with Crippen LogP contribution in [0.3, 0.4) is 0 Å². The molecule has 0 spiro atoms. The van der Waals surface area contributed by atoms with Gasteiger partial charge in [0.15, 0.2) is 0 Å².